The van der Waals surface area contributed by atoms with Crippen LogP contribution in [0.5, 0.6) is 5.75 Å². The SMILES string of the molecule is COc1ccc(C(=O)OCC2OC(OC3C(CO)OC(OC4CCC5(C)C(=CCC6C5CCC5(C)C6CC6OC7(CCC(C)CO7)C(C)C65)C4)C(OC4OC(C)C(O)C(O)C4O)C3O)C(O)C2O)cc1. The first kappa shape index (κ1) is 51.1. The van der Waals surface area contributed by atoms with Crippen molar-refractivity contribution in [1.29, 1.82) is 0 Å². The van der Waals surface area contributed by atoms with Crippen LogP contribution in [-0.2, 0) is 42.6 Å². The van der Waals surface area contributed by atoms with Gasteiger partial charge in [-0.2, -0.15) is 0 Å². The maximum Gasteiger partial charge on any atom is 0.338 e. The second-order valence-corrected chi connectivity index (χ2v) is 22.7. The quantitative estimate of drug-likeness (QED) is 0.124. The molecule has 0 radical (unpaired) electrons. The lowest BCUT2D eigenvalue weighted by atomic mass is 9.47. The Morgan fingerprint density at radius 1 is 0.757 bits per heavy atom. The molecule has 3 saturated carbocycles. The highest BCUT2D eigenvalue weighted by Gasteiger charge is 2.69. The van der Waals surface area contributed by atoms with Gasteiger partial charge in [0.05, 0.1) is 44.2 Å². The molecule has 5 aliphatic heterocycles. The molecule has 8 fully saturated rings. The number of methoxy groups -OCH3 is 1. The molecular weight excluding hydrogens is 913 g/mol. The fourth-order valence-corrected chi connectivity index (χ4v) is 14.8. The van der Waals surface area contributed by atoms with Gasteiger partial charge >= 0.3 is 5.97 Å². The molecule has 25 unspecified atom stereocenters. The summed E-state index contributed by atoms with van der Waals surface area (Å²) in [6.45, 7) is 10.7. The Labute approximate surface area is 409 Å². The lowest BCUT2D eigenvalue weighted by Crippen LogP contribution is -2.65. The van der Waals surface area contributed by atoms with Gasteiger partial charge in [0, 0.05) is 12.3 Å². The van der Waals surface area contributed by atoms with Gasteiger partial charge in [-0.1, -0.05) is 39.3 Å². The maximum absolute atomic E-state index is 12.8. The van der Waals surface area contributed by atoms with Crippen LogP contribution < -0.4 is 4.74 Å². The summed E-state index contributed by atoms with van der Waals surface area (Å²) in [6, 6.07) is 6.21. The highest BCUT2D eigenvalue weighted by molar-refractivity contribution is 5.89. The van der Waals surface area contributed by atoms with E-state index in [0.29, 0.717) is 54.1 Å². The van der Waals surface area contributed by atoms with Crippen LogP contribution in [0, 0.1) is 46.3 Å². The molecule has 18 nitrogen and oxygen atoms in total. The molecule has 0 aromatic heterocycles. The van der Waals surface area contributed by atoms with Crippen LogP contribution in [0.3, 0.4) is 0 Å². The Morgan fingerprint density at radius 3 is 2.19 bits per heavy atom. The average molecular weight is 989 g/mol. The van der Waals surface area contributed by atoms with Crippen molar-refractivity contribution in [3.63, 3.8) is 0 Å². The van der Waals surface area contributed by atoms with E-state index in [9.17, 15) is 40.5 Å². The van der Waals surface area contributed by atoms with Crippen LogP contribution in [0.2, 0.25) is 0 Å². The second-order valence-electron chi connectivity index (χ2n) is 22.7. The predicted octanol–water partition coefficient (Wildman–Crippen LogP) is 2.73. The number of benzene rings is 1. The molecule has 0 amide bonds. The largest absolute Gasteiger partial charge is 0.497 e. The maximum atomic E-state index is 12.8. The zero-order chi connectivity index (χ0) is 49.6. The fraction of sp³-hybridized carbons (Fsp3) is 0.827. The zero-order valence-corrected chi connectivity index (χ0v) is 41.2. The predicted molar refractivity (Wildman–Crippen MR) is 244 cm³/mol. The molecule has 1 aromatic carbocycles. The minimum atomic E-state index is -1.74. The second kappa shape index (κ2) is 19.7. The molecule has 392 valence electrons. The first-order valence-electron chi connectivity index (χ1n) is 25.8. The summed E-state index contributed by atoms with van der Waals surface area (Å²) >= 11 is 0. The molecule has 1 aromatic rings. The molecule has 25 atom stereocenters. The molecule has 7 N–H and O–H groups in total. The van der Waals surface area contributed by atoms with Gasteiger partial charge in [-0.3, -0.25) is 0 Å². The van der Waals surface area contributed by atoms with Crippen molar-refractivity contribution in [3.05, 3.63) is 41.5 Å². The topological polar surface area (TPSA) is 251 Å². The summed E-state index contributed by atoms with van der Waals surface area (Å²) in [5, 5.41) is 77.1. The van der Waals surface area contributed by atoms with E-state index in [1.54, 1.807) is 12.1 Å². The number of carbonyl (C=O) groups is 1. The third-order valence-electron chi connectivity index (χ3n) is 18.9. The van der Waals surface area contributed by atoms with Crippen molar-refractivity contribution < 1.29 is 87.9 Å². The number of allylic oxidation sites excluding steroid dienone is 1. The Morgan fingerprint density at radius 2 is 1.47 bits per heavy atom. The lowest BCUT2D eigenvalue weighted by Gasteiger charge is -2.58. The van der Waals surface area contributed by atoms with E-state index < -0.39 is 111 Å². The first-order valence-corrected chi connectivity index (χ1v) is 25.8. The van der Waals surface area contributed by atoms with Crippen LogP contribution in [0.15, 0.2) is 35.9 Å². The van der Waals surface area contributed by atoms with Crippen LogP contribution in [0.4, 0.5) is 0 Å². The van der Waals surface area contributed by atoms with Gasteiger partial charge in [0.2, 0.25) is 0 Å². The van der Waals surface area contributed by atoms with Gasteiger partial charge in [-0.25, -0.2) is 4.79 Å². The van der Waals surface area contributed by atoms with Crippen molar-refractivity contribution in [2.24, 2.45) is 46.3 Å². The molecular formula is C52H76O18. The highest BCUT2D eigenvalue weighted by atomic mass is 16.8. The minimum absolute atomic E-state index is 0.0424. The molecule has 10 rings (SSSR count). The Balaban J connectivity index is 0.826. The minimum Gasteiger partial charge on any atom is -0.497 e. The monoisotopic (exact) mass is 989 g/mol. The standard InChI is InChI=1S/C52H76O18/c1-24-13-18-52(63-22-24)25(2)37-34(70-52)20-33-31-12-9-28-19-30(14-16-50(28,4)32(31)15-17-51(33,37)5)65-49-45(69-47-42(58)40(56)38(54)26(3)64-47)43(59)44(35(21-53)66-49)68-48-41(57)39(55)36(67-48)23-62-46(60)27-7-10-29(61-6)11-8-27/h7-11,24-26,30-45,47-49,53-59H,12-23H2,1-6H3. The van der Waals surface area contributed by atoms with E-state index in [-0.39, 0.29) is 28.6 Å². The van der Waals surface area contributed by atoms with Crippen LogP contribution in [-0.4, -0.2) is 173 Å². The van der Waals surface area contributed by atoms with Crippen molar-refractivity contribution in [2.45, 2.75) is 196 Å². The van der Waals surface area contributed by atoms with Gasteiger partial charge in [-0.05, 0) is 123 Å². The number of fused-ring (bicyclic) bond motifs is 7. The Kier molecular flexibility index (Phi) is 14.4. The van der Waals surface area contributed by atoms with Gasteiger partial charge < -0.3 is 83.1 Å². The zero-order valence-electron chi connectivity index (χ0n) is 41.2. The number of esters is 1. The highest BCUT2D eigenvalue weighted by Crippen LogP contribution is 2.70. The van der Waals surface area contributed by atoms with Crippen LogP contribution in [0.1, 0.15) is 103 Å². The van der Waals surface area contributed by atoms with Crippen molar-refractivity contribution in [2.75, 3.05) is 26.9 Å². The number of hydrogen-bond acceptors (Lipinski definition) is 18. The third-order valence-corrected chi connectivity index (χ3v) is 18.9. The average Bonchev–Trinajstić information content (AvgIpc) is 3.91. The van der Waals surface area contributed by atoms with Crippen molar-refractivity contribution >= 4 is 5.97 Å². The summed E-state index contributed by atoms with van der Waals surface area (Å²) in [7, 11) is 1.50. The van der Waals surface area contributed by atoms with E-state index in [4.69, 9.17) is 47.4 Å². The molecule has 0 bridgehead atoms. The van der Waals surface area contributed by atoms with E-state index in [0.717, 1.165) is 51.6 Å². The summed E-state index contributed by atoms with van der Waals surface area (Å²) in [6.07, 6.45) is -9.86. The molecule has 5 saturated heterocycles. The van der Waals surface area contributed by atoms with Crippen molar-refractivity contribution in [3.8, 4) is 5.75 Å². The number of carbonyl (C=O) groups excluding carboxylic acids is 1. The fourth-order valence-electron chi connectivity index (χ4n) is 14.8. The van der Waals surface area contributed by atoms with Gasteiger partial charge in [0.25, 0.3) is 0 Å². The van der Waals surface area contributed by atoms with Crippen molar-refractivity contribution in [1.82, 2.24) is 0 Å². The summed E-state index contributed by atoms with van der Waals surface area (Å²) < 4.78 is 61.2. The van der Waals surface area contributed by atoms with E-state index >= 15 is 0 Å². The van der Waals surface area contributed by atoms with Crippen LogP contribution >= 0.6 is 0 Å². The number of hydrogen-bond donors (Lipinski definition) is 7. The Bertz CT molecular complexity index is 2030. The summed E-state index contributed by atoms with van der Waals surface area (Å²) in [5.74, 6) is 2.37. The number of ether oxygens (including phenoxy) is 10. The normalized spacial score (nSPS) is 51.0. The molecule has 5 heterocycles. The summed E-state index contributed by atoms with van der Waals surface area (Å²) in [4.78, 5) is 12.8. The Hall–Kier alpha value is -2.37. The number of aliphatic hydroxyl groups is 7. The van der Waals surface area contributed by atoms with E-state index in [2.05, 4.69) is 33.8 Å². The van der Waals surface area contributed by atoms with Gasteiger partial charge in [0.1, 0.15) is 73.4 Å². The number of rotatable bonds is 11. The van der Waals surface area contributed by atoms with E-state index in [1.165, 1.54) is 31.7 Å². The van der Waals surface area contributed by atoms with Gasteiger partial charge in [-0.15, -0.1) is 0 Å². The third kappa shape index (κ3) is 8.79. The molecule has 1 spiro atoms. The smallest absolute Gasteiger partial charge is 0.338 e. The molecule has 18 heteroatoms. The molecule has 4 aliphatic carbocycles. The lowest BCUT2D eigenvalue weighted by molar-refractivity contribution is -0.380. The molecule has 9 aliphatic rings. The van der Waals surface area contributed by atoms with Crippen LogP contribution in [0.25, 0.3) is 0 Å². The number of aliphatic hydroxyl groups excluding tert-OH is 7. The van der Waals surface area contributed by atoms with E-state index in [1.807, 2.05) is 0 Å². The van der Waals surface area contributed by atoms with Gasteiger partial charge in [0.15, 0.2) is 24.7 Å². The first-order chi connectivity index (χ1) is 33.4. The molecule has 70 heavy (non-hydrogen) atoms. The summed E-state index contributed by atoms with van der Waals surface area (Å²) in [5.41, 5.74) is 1.69.